The van der Waals surface area contributed by atoms with Crippen molar-refractivity contribution in [3.8, 4) is 12.0 Å². The lowest BCUT2D eigenvalue weighted by atomic mass is 10.7. The Hall–Kier alpha value is -1.29. The molecule has 6 nitrogen and oxygen atoms in total. The fraction of sp³-hybridized carbons (Fsp3) is 0.625. The van der Waals surface area contributed by atoms with Crippen molar-refractivity contribution in [2.75, 3.05) is 26.6 Å². The molecule has 1 N–H and O–H groups in total. The van der Waals surface area contributed by atoms with E-state index in [2.05, 4.69) is 15.6 Å². The van der Waals surface area contributed by atoms with Gasteiger partial charge in [0.1, 0.15) is 19.3 Å². The predicted octanol–water partition coefficient (Wildman–Crippen LogP) is -1.17. The second kappa shape index (κ2) is 6.21. The minimum Gasteiger partial charge on any atom is -0.454 e. The number of carbonyl (C=O) groups is 1. The number of aliphatic hydroxyl groups excluding tert-OH is 1. The highest BCUT2D eigenvalue weighted by Gasteiger charge is 2.22. The molecule has 0 aliphatic carbocycles. The molecule has 1 rings (SSSR count). The van der Waals surface area contributed by atoms with Crippen LogP contribution in [0.4, 0.5) is 0 Å². The third kappa shape index (κ3) is 5.37. The Bertz CT molecular complexity index is 236. The Balaban J connectivity index is 1.96. The van der Waals surface area contributed by atoms with Gasteiger partial charge in [-0.1, -0.05) is 0 Å². The summed E-state index contributed by atoms with van der Waals surface area (Å²) in [6.07, 6.45) is 1.89. The zero-order valence-corrected chi connectivity index (χ0v) is 7.39. The summed E-state index contributed by atoms with van der Waals surface area (Å²) in [5.41, 5.74) is 0. The maximum atomic E-state index is 10.7. The number of epoxide rings is 1. The van der Waals surface area contributed by atoms with Crippen molar-refractivity contribution >= 4 is 5.97 Å². The lowest BCUT2D eigenvalue weighted by Gasteiger charge is -1.96. The fourth-order valence-electron chi connectivity index (χ4n) is 0.527. The van der Waals surface area contributed by atoms with Gasteiger partial charge in [0.05, 0.1) is 12.5 Å². The Morgan fingerprint density at radius 2 is 2.43 bits per heavy atom. The normalized spacial score (nSPS) is 17.9. The number of hydrogen-bond donors (Lipinski definition) is 1. The molecule has 0 aromatic carbocycles. The summed E-state index contributed by atoms with van der Waals surface area (Å²) >= 11 is 0. The minimum atomic E-state index is -0.748. The van der Waals surface area contributed by atoms with Crippen LogP contribution in [0.25, 0.3) is 0 Å². The molecule has 1 unspecified atom stereocenters. The van der Waals surface area contributed by atoms with Gasteiger partial charge in [-0.15, -0.1) is 0 Å². The highest BCUT2D eigenvalue weighted by atomic mass is 16.8. The summed E-state index contributed by atoms with van der Waals surface area (Å²) < 4.78 is 18.6. The van der Waals surface area contributed by atoms with E-state index in [4.69, 9.17) is 14.6 Å². The van der Waals surface area contributed by atoms with Crippen LogP contribution in [0, 0.1) is 12.0 Å². The van der Waals surface area contributed by atoms with E-state index >= 15 is 0 Å². The molecule has 1 fully saturated rings. The molecule has 0 radical (unpaired) electrons. The highest BCUT2D eigenvalue weighted by Crippen LogP contribution is 2.09. The summed E-state index contributed by atoms with van der Waals surface area (Å²) in [5.74, 6) is 1.30. The number of aliphatic hydroxyl groups is 1. The van der Waals surface area contributed by atoms with Crippen LogP contribution in [0.3, 0.4) is 0 Å². The van der Waals surface area contributed by atoms with Crippen LogP contribution in [0.1, 0.15) is 0 Å². The van der Waals surface area contributed by atoms with E-state index in [9.17, 15) is 4.79 Å². The molecule has 1 saturated heterocycles. The molecule has 1 aliphatic rings. The molecular formula is C8H10O6. The van der Waals surface area contributed by atoms with Gasteiger partial charge in [0.2, 0.25) is 6.79 Å². The van der Waals surface area contributed by atoms with Crippen molar-refractivity contribution in [2.24, 2.45) is 0 Å². The largest absolute Gasteiger partial charge is 0.454 e. The Morgan fingerprint density at radius 1 is 1.64 bits per heavy atom. The van der Waals surface area contributed by atoms with E-state index in [1.807, 2.05) is 5.92 Å². The van der Waals surface area contributed by atoms with Crippen molar-refractivity contribution < 1.29 is 28.8 Å². The molecule has 1 atom stereocenters. The van der Waals surface area contributed by atoms with Crippen LogP contribution in [0.15, 0.2) is 0 Å². The first-order chi connectivity index (χ1) is 6.83. The van der Waals surface area contributed by atoms with Gasteiger partial charge >= 0.3 is 5.97 Å². The number of ether oxygens (including phenoxy) is 4. The summed E-state index contributed by atoms with van der Waals surface area (Å²) in [6.45, 7) is 0.219. The molecule has 1 aliphatic heterocycles. The van der Waals surface area contributed by atoms with Crippen LogP contribution in [0.5, 0.6) is 0 Å². The molecule has 14 heavy (non-hydrogen) atoms. The molecule has 0 bridgehead atoms. The molecule has 1 heterocycles. The zero-order chi connectivity index (χ0) is 10.2. The van der Waals surface area contributed by atoms with Crippen molar-refractivity contribution in [1.82, 2.24) is 0 Å². The first-order valence-corrected chi connectivity index (χ1v) is 3.96. The minimum absolute atomic E-state index is 0.0506. The highest BCUT2D eigenvalue weighted by molar-refractivity contribution is 5.88. The third-order valence-corrected chi connectivity index (χ3v) is 1.17. The number of esters is 1. The SMILES string of the molecule is O=C(C#COCOC1CO1)OCCO. The van der Waals surface area contributed by atoms with Gasteiger partial charge in [-0.3, -0.25) is 0 Å². The van der Waals surface area contributed by atoms with Gasteiger partial charge in [-0.2, -0.15) is 0 Å². The van der Waals surface area contributed by atoms with Gasteiger partial charge in [0.25, 0.3) is 0 Å². The summed E-state index contributed by atoms with van der Waals surface area (Å²) in [5, 5.41) is 8.30. The third-order valence-electron chi connectivity index (χ3n) is 1.17. The fourth-order valence-corrected chi connectivity index (χ4v) is 0.527. The standard InChI is InChI=1S/C8H10O6/c9-2-4-12-7(10)1-3-11-6-14-8-5-13-8/h8-9H,2,4-6H2. The smallest absolute Gasteiger partial charge is 0.387 e. The van der Waals surface area contributed by atoms with Crippen LogP contribution in [-0.2, 0) is 23.7 Å². The first kappa shape index (κ1) is 10.8. The topological polar surface area (TPSA) is 77.5 Å². The molecule has 0 saturated carbocycles. The summed E-state index contributed by atoms with van der Waals surface area (Å²) in [7, 11) is 0. The average molecular weight is 202 g/mol. The van der Waals surface area contributed by atoms with E-state index in [1.54, 1.807) is 0 Å². The van der Waals surface area contributed by atoms with Crippen molar-refractivity contribution in [3.05, 3.63) is 0 Å². The van der Waals surface area contributed by atoms with Crippen LogP contribution in [0.2, 0.25) is 0 Å². The summed E-state index contributed by atoms with van der Waals surface area (Å²) in [4.78, 5) is 10.7. The van der Waals surface area contributed by atoms with E-state index < -0.39 is 5.97 Å². The molecule has 6 heteroatoms. The molecule has 78 valence electrons. The predicted molar refractivity (Wildman–Crippen MR) is 42.6 cm³/mol. The van der Waals surface area contributed by atoms with Crippen molar-refractivity contribution in [2.45, 2.75) is 6.29 Å². The van der Waals surface area contributed by atoms with Gasteiger partial charge in [-0.25, -0.2) is 4.79 Å². The molecule has 0 spiro atoms. The van der Waals surface area contributed by atoms with Crippen LogP contribution < -0.4 is 0 Å². The maximum absolute atomic E-state index is 10.7. The summed E-state index contributed by atoms with van der Waals surface area (Å²) in [6, 6.07) is 0. The maximum Gasteiger partial charge on any atom is 0.387 e. The molecule has 0 aromatic heterocycles. The van der Waals surface area contributed by atoms with E-state index in [1.165, 1.54) is 0 Å². The van der Waals surface area contributed by atoms with Crippen LogP contribution >= 0.6 is 0 Å². The van der Waals surface area contributed by atoms with E-state index in [0.717, 1.165) is 0 Å². The first-order valence-electron chi connectivity index (χ1n) is 3.96. The van der Waals surface area contributed by atoms with Crippen molar-refractivity contribution in [1.29, 1.82) is 0 Å². The number of hydrogen-bond acceptors (Lipinski definition) is 6. The molecular weight excluding hydrogens is 192 g/mol. The van der Waals surface area contributed by atoms with E-state index in [-0.39, 0.29) is 26.3 Å². The van der Waals surface area contributed by atoms with Gasteiger partial charge in [0.15, 0.2) is 6.29 Å². The Morgan fingerprint density at radius 3 is 3.07 bits per heavy atom. The molecule has 0 aromatic rings. The molecule has 0 amide bonds. The van der Waals surface area contributed by atoms with Gasteiger partial charge in [-0.05, 0) is 0 Å². The number of rotatable bonds is 5. The Labute approximate surface area is 80.7 Å². The van der Waals surface area contributed by atoms with E-state index in [0.29, 0.717) is 6.61 Å². The lowest BCUT2D eigenvalue weighted by molar-refractivity contribution is -0.137. The monoisotopic (exact) mass is 202 g/mol. The average Bonchev–Trinajstić information content (AvgIpc) is 2.98. The second-order valence-corrected chi connectivity index (χ2v) is 2.28. The van der Waals surface area contributed by atoms with Gasteiger partial charge in [0, 0.05) is 0 Å². The van der Waals surface area contributed by atoms with Crippen molar-refractivity contribution in [3.63, 3.8) is 0 Å². The Kier molecular flexibility index (Phi) is 4.78. The second-order valence-electron chi connectivity index (χ2n) is 2.28. The quantitative estimate of drug-likeness (QED) is 0.199. The number of carbonyl (C=O) groups excluding carboxylic acids is 1. The zero-order valence-electron chi connectivity index (χ0n) is 7.39. The van der Waals surface area contributed by atoms with Crippen LogP contribution in [-0.4, -0.2) is 44.0 Å². The lowest BCUT2D eigenvalue weighted by Crippen LogP contribution is -2.06. The van der Waals surface area contributed by atoms with Gasteiger partial charge < -0.3 is 24.1 Å².